The molecule has 0 saturated heterocycles. The van der Waals surface area contributed by atoms with Crippen molar-refractivity contribution < 1.29 is 0 Å². The molecule has 1 aromatic carbocycles. The first-order valence-corrected chi connectivity index (χ1v) is 4.98. The van der Waals surface area contributed by atoms with Gasteiger partial charge in [0.1, 0.15) is 0 Å². The third-order valence-electron chi connectivity index (χ3n) is 2.37. The fraction of sp³-hybridized carbons (Fsp3) is 0.0667. The molecule has 0 atom stereocenters. The fourth-order valence-corrected chi connectivity index (χ4v) is 1.49. The molecule has 0 nitrogen and oxygen atoms in total. The molecule has 0 N–H and O–H groups in total. The molecule has 0 fully saturated rings. The van der Waals surface area contributed by atoms with E-state index in [0.717, 1.165) is 5.56 Å². The molecule has 0 unspecified atom stereocenters. The zero-order chi connectivity index (χ0) is 10.5. The van der Waals surface area contributed by atoms with Crippen molar-refractivity contribution >= 4 is 6.08 Å². The summed E-state index contributed by atoms with van der Waals surface area (Å²) in [5.41, 5.74) is 2.11. The van der Waals surface area contributed by atoms with Crippen LogP contribution in [-0.2, 0) is 0 Å². The standard InChI is InChI=1S/C15H12/c1-2-13-7-9-15(10-8-13)12-11-14-5-3-4-6-14/h1,3-12,14H. The Balaban J connectivity index is 2.08. The van der Waals surface area contributed by atoms with Crippen LogP contribution in [0.2, 0.25) is 0 Å². The Bertz CT molecular complexity index is 438. The maximum Gasteiger partial charge on any atom is 0.0243 e. The van der Waals surface area contributed by atoms with E-state index in [1.165, 1.54) is 5.56 Å². The van der Waals surface area contributed by atoms with Crippen LogP contribution in [0.4, 0.5) is 0 Å². The Morgan fingerprint density at radius 2 is 1.73 bits per heavy atom. The number of benzene rings is 1. The van der Waals surface area contributed by atoms with Crippen LogP contribution in [0.5, 0.6) is 0 Å². The summed E-state index contributed by atoms with van der Waals surface area (Å²) in [5, 5.41) is 0. The van der Waals surface area contributed by atoms with Crippen LogP contribution in [0.25, 0.3) is 6.08 Å². The van der Waals surface area contributed by atoms with E-state index < -0.39 is 0 Å². The van der Waals surface area contributed by atoms with Crippen molar-refractivity contribution in [3.05, 3.63) is 65.8 Å². The van der Waals surface area contributed by atoms with Gasteiger partial charge in [0.15, 0.2) is 0 Å². The van der Waals surface area contributed by atoms with Crippen molar-refractivity contribution in [1.29, 1.82) is 0 Å². The van der Waals surface area contributed by atoms with Gasteiger partial charge in [-0.1, -0.05) is 54.5 Å². The van der Waals surface area contributed by atoms with Gasteiger partial charge < -0.3 is 0 Å². The molecule has 0 heteroatoms. The SMILES string of the molecule is C#Cc1ccc(C=CC2C=CC=C2)cc1. The van der Waals surface area contributed by atoms with Gasteiger partial charge in [-0.15, -0.1) is 6.42 Å². The van der Waals surface area contributed by atoms with Gasteiger partial charge in [0, 0.05) is 11.5 Å². The second-order valence-electron chi connectivity index (χ2n) is 3.47. The lowest BCUT2D eigenvalue weighted by Crippen LogP contribution is -1.81. The van der Waals surface area contributed by atoms with Gasteiger partial charge in [0.05, 0.1) is 0 Å². The Hall–Kier alpha value is -2.00. The quantitative estimate of drug-likeness (QED) is 0.630. The lowest BCUT2D eigenvalue weighted by Gasteiger charge is -1.97. The maximum absolute atomic E-state index is 5.29. The second kappa shape index (κ2) is 4.48. The average Bonchev–Trinajstić information content (AvgIpc) is 2.80. The molecule has 0 amide bonds. The van der Waals surface area contributed by atoms with Gasteiger partial charge in [-0.2, -0.15) is 0 Å². The number of hydrogen-bond donors (Lipinski definition) is 0. The summed E-state index contributed by atoms with van der Waals surface area (Å²) in [6, 6.07) is 7.99. The van der Waals surface area contributed by atoms with Crippen LogP contribution in [0.15, 0.2) is 54.6 Å². The third-order valence-corrected chi connectivity index (χ3v) is 2.37. The van der Waals surface area contributed by atoms with Gasteiger partial charge in [-0.05, 0) is 17.7 Å². The molecular weight excluding hydrogens is 180 g/mol. The number of terminal acetylenes is 1. The van der Waals surface area contributed by atoms with Gasteiger partial charge in [-0.3, -0.25) is 0 Å². The zero-order valence-corrected chi connectivity index (χ0v) is 8.43. The Morgan fingerprint density at radius 3 is 2.33 bits per heavy atom. The third kappa shape index (κ3) is 2.48. The normalized spacial score (nSPS) is 14.9. The number of allylic oxidation sites excluding steroid dienone is 5. The van der Waals surface area contributed by atoms with E-state index in [9.17, 15) is 0 Å². The summed E-state index contributed by atoms with van der Waals surface area (Å²) in [7, 11) is 0. The molecular formula is C15H12. The van der Waals surface area contributed by atoms with Crippen molar-refractivity contribution in [2.45, 2.75) is 0 Å². The van der Waals surface area contributed by atoms with Gasteiger partial charge in [0.2, 0.25) is 0 Å². The molecule has 15 heavy (non-hydrogen) atoms. The first-order chi connectivity index (χ1) is 7.38. The molecule has 0 radical (unpaired) electrons. The van der Waals surface area contributed by atoms with Crippen LogP contribution in [0.1, 0.15) is 11.1 Å². The maximum atomic E-state index is 5.29. The van der Waals surface area contributed by atoms with Gasteiger partial charge in [-0.25, -0.2) is 0 Å². The average molecular weight is 192 g/mol. The molecule has 72 valence electrons. The van der Waals surface area contributed by atoms with Crippen LogP contribution >= 0.6 is 0 Å². The Kier molecular flexibility index (Phi) is 2.85. The van der Waals surface area contributed by atoms with Crippen molar-refractivity contribution in [1.82, 2.24) is 0 Å². The largest absolute Gasteiger partial charge is 0.115 e. The van der Waals surface area contributed by atoms with Crippen molar-refractivity contribution in [2.24, 2.45) is 5.92 Å². The fourth-order valence-electron chi connectivity index (χ4n) is 1.49. The van der Waals surface area contributed by atoms with E-state index in [2.05, 4.69) is 42.4 Å². The molecule has 0 bridgehead atoms. The smallest absolute Gasteiger partial charge is 0.0243 e. The first kappa shape index (κ1) is 9.55. The highest BCUT2D eigenvalue weighted by molar-refractivity contribution is 5.52. The van der Waals surface area contributed by atoms with Crippen molar-refractivity contribution in [3.63, 3.8) is 0 Å². The highest BCUT2D eigenvalue weighted by Gasteiger charge is 1.97. The molecule has 2 rings (SSSR count). The van der Waals surface area contributed by atoms with Crippen LogP contribution in [0, 0.1) is 18.3 Å². The van der Waals surface area contributed by atoms with E-state index in [-0.39, 0.29) is 0 Å². The van der Waals surface area contributed by atoms with Crippen LogP contribution in [0.3, 0.4) is 0 Å². The molecule has 0 aromatic heterocycles. The predicted molar refractivity (Wildman–Crippen MR) is 65.2 cm³/mol. The highest BCUT2D eigenvalue weighted by Crippen LogP contribution is 2.13. The van der Waals surface area contributed by atoms with E-state index in [4.69, 9.17) is 6.42 Å². The topological polar surface area (TPSA) is 0 Å². The highest BCUT2D eigenvalue weighted by atomic mass is 14.0. The number of hydrogen-bond acceptors (Lipinski definition) is 0. The summed E-state index contributed by atoms with van der Waals surface area (Å²) in [6.07, 6.45) is 18.0. The summed E-state index contributed by atoms with van der Waals surface area (Å²) in [6.45, 7) is 0. The second-order valence-corrected chi connectivity index (χ2v) is 3.47. The van der Waals surface area contributed by atoms with Gasteiger partial charge in [0.25, 0.3) is 0 Å². The van der Waals surface area contributed by atoms with E-state index in [1.807, 2.05) is 24.3 Å². The minimum atomic E-state index is 0.442. The zero-order valence-electron chi connectivity index (χ0n) is 8.43. The van der Waals surface area contributed by atoms with Crippen LogP contribution < -0.4 is 0 Å². The van der Waals surface area contributed by atoms with Gasteiger partial charge >= 0.3 is 0 Å². The van der Waals surface area contributed by atoms with Crippen LogP contribution in [-0.4, -0.2) is 0 Å². The molecule has 0 saturated carbocycles. The molecule has 0 heterocycles. The molecule has 0 aliphatic heterocycles. The molecule has 1 aromatic rings. The molecule has 0 spiro atoms. The first-order valence-electron chi connectivity index (χ1n) is 4.98. The van der Waals surface area contributed by atoms with E-state index >= 15 is 0 Å². The monoisotopic (exact) mass is 192 g/mol. The molecule has 1 aliphatic carbocycles. The minimum absolute atomic E-state index is 0.442. The van der Waals surface area contributed by atoms with E-state index in [0.29, 0.717) is 5.92 Å². The Labute approximate surface area is 90.6 Å². The Morgan fingerprint density at radius 1 is 1.07 bits per heavy atom. The van der Waals surface area contributed by atoms with Crippen molar-refractivity contribution in [3.8, 4) is 12.3 Å². The number of rotatable bonds is 2. The van der Waals surface area contributed by atoms with E-state index in [1.54, 1.807) is 0 Å². The summed E-state index contributed by atoms with van der Waals surface area (Å²) in [4.78, 5) is 0. The minimum Gasteiger partial charge on any atom is -0.115 e. The summed E-state index contributed by atoms with van der Waals surface area (Å²) < 4.78 is 0. The van der Waals surface area contributed by atoms with Crippen molar-refractivity contribution in [2.75, 3.05) is 0 Å². The summed E-state index contributed by atoms with van der Waals surface area (Å²) in [5.74, 6) is 3.05. The molecule has 1 aliphatic rings. The lowest BCUT2D eigenvalue weighted by atomic mass is 10.1. The lowest BCUT2D eigenvalue weighted by molar-refractivity contribution is 1.10. The predicted octanol–water partition coefficient (Wildman–Crippen LogP) is 3.42. The summed E-state index contributed by atoms with van der Waals surface area (Å²) >= 11 is 0.